The van der Waals surface area contributed by atoms with Gasteiger partial charge in [-0.15, -0.1) is 0 Å². The largest absolute Gasteiger partial charge is 0.493 e. The SMILES string of the molecule is Bc1cc(F)ccc1COc1cc2c(cc1OC)ncc1c2n(-c2ccc(C#N)cc2F)c(=O)n1C. The van der Waals surface area contributed by atoms with E-state index in [2.05, 4.69) is 4.98 Å². The second-order valence-corrected chi connectivity index (χ2v) is 8.33. The van der Waals surface area contributed by atoms with Crippen molar-refractivity contribution in [3.8, 4) is 23.3 Å². The van der Waals surface area contributed by atoms with Gasteiger partial charge in [-0.3, -0.25) is 14.1 Å². The van der Waals surface area contributed by atoms with Crippen LogP contribution in [-0.4, -0.2) is 29.1 Å². The first kappa shape index (κ1) is 23.1. The first-order valence-electron chi connectivity index (χ1n) is 11.0. The highest BCUT2D eigenvalue weighted by Gasteiger charge is 2.20. The van der Waals surface area contributed by atoms with Gasteiger partial charge in [-0.1, -0.05) is 11.5 Å². The Morgan fingerprint density at radius 3 is 2.61 bits per heavy atom. The number of aryl methyl sites for hydroxylation is 1. The fraction of sp³-hybridized carbons (Fsp3) is 0.115. The van der Waals surface area contributed by atoms with Crippen LogP contribution in [-0.2, 0) is 13.7 Å². The molecule has 0 fully saturated rings. The zero-order valence-electron chi connectivity index (χ0n) is 19.7. The molecular formula is C26H19BF2N4O3. The lowest BCUT2D eigenvalue weighted by Crippen LogP contribution is -2.21. The summed E-state index contributed by atoms with van der Waals surface area (Å²) in [6.45, 7) is 0.156. The summed E-state index contributed by atoms with van der Waals surface area (Å²) in [4.78, 5) is 17.7. The number of benzene rings is 3. The summed E-state index contributed by atoms with van der Waals surface area (Å²) in [5.74, 6) is -0.231. The molecule has 36 heavy (non-hydrogen) atoms. The average Bonchev–Trinajstić information content (AvgIpc) is 3.12. The smallest absolute Gasteiger partial charge is 0.333 e. The fourth-order valence-corrected chi connectivity index (χ4v) is 4.23. The van der Waals surface area contributed by atoms with Crippen LogP contribution in [0.3, 0.4) is 0 Å². The molecule has 2 aromatic heterocycles. The van der Waals surface area contributed by atoms with Crippen molar-refractivity contribution in [2.75, 3.05) is 7.11 Å². The molecular weight excluding hydrogens is 465 g/mol. The minimum atomic E-state index is -0.703. The van der Waals surface area contributed by atoms with Crippen LogP contribution >= 0.6 is 0 Å². The molecule has 2 heterocycles. The van der Waals surface area contributed by atoms with E-state index in [-0.39, 0.29) is 23.7 Å². The molecule has 0 N–H and O–H groups in total. The van der Waals surface area contributed by atoms with E-state index in [1.165, 1.54) is 40.5 Å². The first-order valence-corrected chi connectivity index (χ1v) is 11.0. The maximum absolute atomic E-state index is 15.0. The van der Waals surface area contributed by atoms with Gasteiger partial charge < -0.3 is 9.47 Å². The van der Waals surface area contributed by atoms with Crippen LogP contribution in [0.5, 0.6) is 11.5 Å². The van der Waals surface area contributed by atoms with Crippen molar-refractivity contribution >= 4 is 35.2 Å². The summed E-state index contributed by atoms with van der Waals surface area (Å²) in [6, 6.07) is 13.7. The van der Waals surface area contributed by atoms with Crippen LogP contribution in [0.4, 0.5) is 8.78 Å². The van der Waals surface area contributed by atoms with Crippen molar-refractivity contribution in [1.82, 2.24) is 14.1 Å². The third kappa shape index (κ3) is 3.75. The molecule has 10 heteroatoms. The number of rotatable bonds is 5. The Bertz CT molecular complexity index is 1770. The van der Waals surface area contributed by atoms with Gasteiger partial charge in [0, 0.05) is 18.5 Å². The number of methoxy groups -OCH3 is 1. The third-order valence-corrected chi connectivity index (χ3v) is 6.17. The lowest BCUT2D eigenvalue weighted by Gasteiger charge is -2.14. The summed E-state index contributed by atoms with van der Waals surface area (Å²) in [6.07, 6.45) is 1.54. The molecule has 5 rings (SSSR count). The third-order valence-electron chi connectivity index (χ3n) is 6.17. The van der Waals surface area contributed by atoms with E-state index in [0.717, 1.165) is 17.1 Å². The van der Waals surface area contributed by atoms with Crippen LogP contribution in [0.25, 0.3) is 27.6 Å². The number of imidazole rings is 1. The minimum absolute atomic E-state index is 0.0114. The summed E-state index contributed by atoms with van der Waals surface area (Å²) in [5, 5.41) is 9.64. The number of ether oxygens (including phenoxy) is 2. The summed E-state index contributed by atoms with van der Waals surface area (Å²) < 4.78 is 42.7. The number of fused-ring (bicyclic) bond motifs is 3. The predicted octanol–water partition coefficient (Wildman–Crippen LogP) is 2.87. The molecule has 0 spiro atoms. The molecule has 0 bridgehead atoms. The van der Waals surface area contributed by atoms with E-state index < -0.39 is 11.5 Å². The van der Waals surface area contributed by atoms with E-state index in [0.29, 0.717) is 33.4 Å². The topological polar surface area (TPSA) is 82.1 Å². The van der Waals surface area contributed by atoms with Gasteiger partial charge in [-0.05, 0) is 42.0 Å². The number of pyridine rings is 1. The first-order chi connectivity index (χ1) is 17.3. The summed E-state index contributed by atoms with van der Waals surface area (Å²) in [5.41, 5.74) is 2.66. The van der Waals surface area contributed by atoms with Crippen LogP contribution < -0.4 is 20.6 Å². The van der Waals surface area contributed by atoms with Gasteiger partial charge >= 0.3 is 5.69 Å². The van der Waals surface area contributed by atoms with Crippen LogP contribution in [0, 0.1) is 23.0 Å². The molecule has 0 aliphatic heterocycles. The number of aromatic nitrogens is 3. The molecule has 0 radical (unpaired) electrons. The molecule has 0 aliphatic carbocycles. The molecule has 0 amide bonds. The molecule has 0 aliphatic rings. The van der Waals surface area contributed by atoms with E-state index >= 15 is 4.39 Å². The van der Waals surface area contributed by atoms with Crippen molar-refractivity contribution in [1.29, 1.82) is 5.26 Å². The summed E-state index contributed by atoms with van der Waals surface area (Å²) in [7, 11) is 4.87. The zero-order chi connectivity index (χ0) is 25.6. The zero-order valence-corrected chi connectivity index (χ0v) is 19.7. The second-order valence-electron chi connectivity index (χ2n) is 8.33. The van der Waals surface area contributed by atoms with Crippen molar-refractivity contribution < 1.29 is 18.3 Å². The highest BCUT2D eigenvalue weighted by molar-refractivity contribution is 6.33. The van der Waals surface area contributed by atoms with Gasteiger partial charge in [0.1, 0.15) is 26.1 Å². The maximum Gasteiger partial charge on any atom is 0.333 e. The van der Waals surface area contributed by atoms with Gasteiger partial charge in [0.05, 0.1) is 47.2 Å². The van der Waals surface area contributed by atoms with E-state index in [4.69, 9.17) is 14.7 Å². The molecule has 178 valence electrons. The monoisotopic (exact) mass is 484 g/mol. The van der Waals surface area contributed by atoms with E-state index in [1.807, 2.05) is 6.07 Å². The standard InChI is InChI=1S/C26H19BF2N4O3/c1-32-22-12-31-20-10-23(35-2)24(36-13-15-4-5-16(28)8-18(15)27)9-17(20)25(22)33(26(32)34)21-6-3-14(11-30)7-19(21)29/h3-10,12H,13,27H2,1-2H3. The Kier molecular flexibility index (Phi) is 5.68. The lowest BCUT2D eigenvalue weighted by molar-refractivity contribution is 0.286. The Morgan fingerprint density at radius 2 is 1.92 bits per heavy atom. The molecule has 0 atom stereocenters. The van der Waals surface area contributed by atoms with Crippen molar-refractivity contribution in [3.63, 3.8) is 0 Å². The molecule has 0 unspecified atom stereocenters. The van der Waals surface area contributed by atoms with Crippen LogP contribution in [0.2, 0.25) is 0 Å². The predicted molar refractivity (Wildman–Crippen MR) is 134 cm³/mol. The van der Waals surface area contributed by atoms with E-state index in [9.17, 15) is 9.18 Å². The van der Waals surface area contributed by atoms with Crippen LogP contribution in [0.15, 0.2) is 59.5 Å². The van der Waals surface area contributed by atoms with Crippen LogP contribution in [0.1, 0.15) is 11.1 Å². The van der Waals surface area contributed by atoms with Gasteiger partial charge in [-0.2, -0.15) is 5.26 Å². The number of nitrogens with zero attached hydrogens (tertiary/aromatic N) is 4. The van der Waals surface area contributed by atoms with Gasteiger partial charge in [0.2, 0.25) is 0 Å². The molecule has 3 aromatic carbocycles. The van der Waals surface area contributed by atoms with Gasteiger partial charge in [-0.25, -0.2) is 13.6 Å². The summed E-state index contributed by atoms with van der Waals surface area (Å²) >= 11 is 0. The number of hydrogen-bond acceptors (Lipinski definition) is 5. The number of halogens is 2. The Morgan fingerprint density at radius 1 is 1.11 bits per heavy atom. The lowest BCUT2D eigenvalue weighted by atomic mass is 9.91. The Balaban J connectivity index is 1.72. The van der Waals surface area contributed by atoms with Gasteiger partial charge in [0.15, 0.2) is 11.5 Å². The number of hydrogen-bond donors (Lipinski definition) is 0. The number of nitriles is 1. The van der Waals surface area contributed by atoms with Crippen molar-refractivity contribution in [3.05, 3.63) is 88.0 Å². The van der Waals surface area contributed by atoms with Crippen molar-refractivity contribution in [2.24, 2.45) is 7.05 Å². The van der Waals surface area contributed by atoms with Crippen molar-refractivity contribution in [2.45, 2.75) is 6.61 Å². The Labute approximate surface area is 205 Å². The average molecular weight is 484 g/mol. The second kappa shape index (κ2) is 8.85. The molecule has 5 aromatic rings. The highest BCUT2D eigenvalue weighted by Crippen LogP contribution is 2.36. The molecule has 0 saturated heterocycles. The molecule has 7 nitrogen and oxygen atoms in total. The minimum Gasteiger partial charge on any atom is -0.493 e. The fourth-order valence-electron chi connectivity index (χ4n) is 4.23. The Hall–Kier alpha value is -4.65. The maximum atomic E-state index is 15.0. The highest BCUT2D eigenvalue weighted by atomic mass is 19.1. The van der Waals surface area contributed by atoms with Gasteiger partial charge in [0.25, 0.3) is 0 Å². The van der Waals surface area contributed by atoms with E-state index in [1.54, 1.807) is 39.3 Å². The quantitative estimate of drug-likeness (QED) is 0.359. The molecule has 0 saturated carbocycles. The normalized spacial score (nSPS) is 11.1.